The minimum Gasteiger partial charge on any atom is -0.504 e. The van der Waals surface area contributed by atoms with E-state index in [1.807, 2.05) is 48.5 Å². The molecule has 0 radical (unpaired) electrons. The van der Waals surface area contributed by atoms with Crippen LogP contribution in [0.25, 0.3) is 0 Å². The highest BCUT2D eigenvalue weighted by molar-refractivity contribution is 6.12. The second kappa shape index (κ2) is 6.57. The predicted octanol–water partition coefficient (Wildman–Crippen LogP) is 3.88. The third-order valence-corrected chi connectivity index (χ3v) is 4.57. The first-order valence-corrected chi connectivity index (χ1v) is 8.44. The molecule has 0 fully saturated rings. The van der Waals surface area contributed by atoms with Gasteiger partial charge in [0.1, 0.15) is 6.17 Å². The van der Waals surface area contributed by atoms with Gasteiger partial charge in [0.25, 0.3) is 5.91 Å². The minimum atomic E-state index is -0.588. The number of anilines is 2. The van der Waals surface area contributed by atoms with Crippen LogP contribution in [0.5, 0.6) is 17.2 Å². The smallest absolute Gasteiger partial charge is 0.262 e. The van der Waals surface area contributed by atoms with Crippen LogP contribution in [0.4, 0.5) is 11.4 Å². The molecule has 3 N–H and O–H groups in total. The van der Waals surface area contributed by atoms with E-state index in [2.05, 4.69) is 5.32 Å². The summed E-state index contributed by atoms with van der Waals surface area (Å²) >= 11 is 0. The number of carbonyl (C=O) groups excluding carboxylic acids is 1. The Labute approximate surface area is 156 Å². The standard InChI is InChI=1S/C21H18N2O4/c1-27-18-12-13(11-17(24)19(18)25)20-22-16-10-6-5-9-15(16)21(26)23(20)14-7-3-2-4-8-14/h2-12,20,22,24-25H,1H3/t20-/m0/s1. The molecule has 6 nitrogen and oxygen atoms in total. The molecule has 1 atom stereocenters. The molecule has 1 amide bonds. The lowest BCUT2D eigenvalue weighted by Gasteiger charge is -2.38. The number of fused-ring (bicyclic) bond motifs is 1. The maximum Gasteiger partial charge on any atom is 0.262 e. The first-order valence-electron chi connectivity index (χ1n) is 8.44. The number of rotatable bonds is 3. The van der Waals surface area contributed by atoms with Crippen LogP contribution in [0.3, 0.4) is 0 Å². The van der Waals surface area contributed by atoms with Gasteiger partial charge in [0, 0.05) is 16.9 Å². The number of nitrogens with zero attached hydrogens (tertiary/aromatic N) is 1. The number of phenols is 2. The molecule has 0 aromatic heterocycles. The largest absolute Gasteiger partial charge is 0.504 e. The molecule has 136 valence electrons. The second-order valence-corrected chi connectivity index (χ2v) is 6.19. The molecule has 3 aromatic rings. The van der Waals surface area contributed by atoms with Crippen molar-refractivity contribution in [3.8, 4) is 17.2 Å². The van der Waals surface area contributed by atoms with Crippen molar-refractivity contribution in [1.82, 2.24) is 0 Å². The zero-order chi connectivity index (χ0) is 19.0. The molecular weight excluding hydrogens is 344 g/mol. The van der Waals surface area contributed by atoms with E-state index in [0.29, 0.717) is 22.5 Å². The van der Waals surface area contributed by atoms with Gasteiger partial charge in [0.05, 0.1) is 12.7 Å². The van der Waals surface area contributed by atoms with E-state index < -0.39 is 6.17 Å². The van der Waals surface area contributed by atoms with Crippen LogP contribution >= 0.6 is 0 Å². The molecule has 6 heteroatoms. The Bertz CT molecular complexity index is 1000. The van der Waals surface area contributed by atoms with Gasteiger partial charge in [0.15, 0.2) is 11.5 Å². The fraction of sp³-hybridized carbons (Fsp3) is 0.0952. The third-order valence-electron chi connectivity index (χ3n) is 4.57. The molecule has 0 bridgehead atoms. The molecule has 0 saturated carbocycles. The van der Waals surface area contributed by atoms with Gasteiger partial charge >= 0.3 is 0 Å². The average molecular weight is 362 g/mol. The van der Waals surface area contributed by atoms with Crippen LogP contribution in [0.1, 0.15) is 22.1 Å². The topological polar surface area (TPSA) is 82.0 Å². The SMILES string of the molecule is COc1cc([C@H]2Nc3ccccc3C(=O)N2c2ccccc2)cc(O)c1O. The summed E-state index contributed by atoms with van der Waals surface area (Å²) in [6, 6.07) is 19.6. The van der Waals surface area contributed by atoms with E-state index >= 15 is 0 Å². The number of nitrogens with one attached hydrogen (secondary N) is 1. The molecule has 4 rings (SSSR count). The lowest BCUT2D eigenvalue weighted by atomic mass is 10.0. The van der Waals surface area contributed by atoms with Crippen molar-refractivity contribution in [1.29, 1.82) is 0 Å². The Hall–Kier alpha value is -3.67. The second-order valence-electron chi connectivity index (χ2n) is 6.19. The van der Waals surface area contributed by atoms with Crippen molar-refractivity contribution in [2.75, 3.05) is 17.3 Å². The van der Waals surface area contributed by atoms with Crippen LogP contribution in [0.2, 0.25) is 0 Å². The van der Waals surface area contributed by atoms with Gasteiger partial charge in [-0.15, -0.1) is 0 Å². The van der Waals surface area contributed by atoms with Gasteiger partial charge < -0.3 is 20.3 Å². The van der Waals surface area contributed by atoms with E-state index in [1.165, 1.54) is 13.2 Å². The molecule has 0 aliphatic carbocycles. The number of methoxy groups -OCH3 is 1. The number of hydrogen-bond donors (Lipinski definition) is 3. The highest BCUT2D eigenvalue weighted by Gasteiger charge is 2.34. The maximum atomic E-state index is 13.3. The normalized spacial score (nSPS) is 15.8. The quantitative estimate of drug-likeness (QED) is 0.616. The van der Waals surface area contributed by atoms with Crippen molar-refractivity contribution < 1.29 is 19.7 Å². The summed E-state index contributed by atoms with van der Waals surface area (Å²) < 4.78 is 5.15. The van der Waals surface area contributed by atoms with Crippen molar-refractivity contribution in [2.45, 2.75) is 6.17 Å². The van der Waals surface area contributed by atoms with Crippen LogP contribution in [-0.4, -0.2) is 23.2 Å². The molecule has 0 spiro atoms. The Morgan fingerprint density at radius 3 is 2.44 bits per heavy atom. The van der Waals surface area contributed by atoms with Gasteiger partial charge in [-0.25, -0.2) is 0 Å². The summed E-state index contributed by atoms with van der Waals surface area (Å²) in [6.45, 7) is 0. The van der Waals surface area contributed by atoms with Gasteiger partial charge in [-0.3, -0.25) is 9.69 Å². The highest BCUT2D eigenvalue weighted by Crippen LogP contribution is 2.42. The number of benzene rings is 3. The van der Waals surface area contributed by atoms with E-state index in [1.54, 1.807) is 17.0 Å². The Morgan fingerprint density at radius 1 is 1.00 bits per heavy atom. The number of para-hydroxylation sites is 2. The molecular formula is C21H18N2O4. The molecule has 3 aromatic carbocycles. The molecule has 0 saturated heterocycles. The average Bonchev–Trinajstić information content (AvgIpc) is 2.70. The number of ether oxygens (including phenoxy) is 1. The van der Waals surface area contributed by atoms with Gasteiger partial charge in [-0.2, -0.15) is 0 Å². The number of aromatic hydroxyl groups is 2. The van der Waals surface area contributed by atoms with Gasteiger partial charge in [-0.1, -0.05) is 30.3 Å². The number of phenolic OH excluding ortho intramolecular Hbond substituents is 2. The van der Waals surface area contributed by atoms with E-state index in [9.17, 15) is 15.0 Å². The van der Waals surface area contributed by atoms with E-state index in [4.69, 9.17) is 4.74 Å². The number of hydrogen-bond acceptors (Lipinski definition) is 5. The van der Waals surface area contributed by atoms with Crippen molar-refractivity contribution in [2.24, 2.45) is 0 Å². The number of carbonyl (C=O) groups is 1. The van der Waals surface area contributed by atoms with Gasteiger partial charge in [-0.05, 0) is 36.4 Å². The van der Waals surface area contributed by atoms with Crippen molar-refractivity contribution in [3.05, 3.63) is 77.9 Å². The summed E-state index contributed by atoms with van der Waals surface area (Å²) in [5, 5.41) is 23.4. The van der Waals surface area contributed by atoms with E-state index in [-0.39, 0.29) is 23.2 Å². The maximum absolute atomic E-state index is 13.3. The Morgan fingerprint density at radius 2 is 1.70 bits per heavy atom. The first kappa shape index (κ1) is 16.8. The molecule has 1 aliphatic rings. The molecule has 1 heterocycles. The summed E-state index contributed by atoms with van der Waals surface area (Å²) in [5.41, 5.74) is 2.55. The minimum absolute atomic E-state index is 0.131. The fourth-order valence-corrected chi connectivity index (χ4v) is 3.27. The molecule has 1 aliphatic heterocycles. The summed E-state index contributed by atoms with van der Waals surface area (Å²) in [6.07, 6.45) is -0.588. The van der Waals surface area contributed by atoms with Crippen LogP contribution in [-0.2, 0) is 0 Å². The van der Waals surface area contributed by atoms with Crippen LogP contribution in [0, 0.1) is 0 Å². The highest BCUT2D eigenvalue weighted by atomic mass is 16.5. The summed E-state index contributed by atoms with van der Waals surface area (Å²) in [5.74, 6) is -0.682. The predicted molar refractivity (Wildman–Crippen MR) is 102 cm³/mol. The fourth-order valence-electron chi connectivity index (χ4n) is 3.27. The first-order chi connectivity index (χ1) is 13.1. The van der Waals surface area contributed by atoms with Crippen LogP contribution in [0.15, 0.2) is 66.7 Å². The number of amides is 1. The third kappa shape index (κ3) is 2.81. The monoisotopic (exact) mass is 362 g/mol. The van der Waals surface area contributed by atoms with Crippen molar-refractivity contribution in [3.63, 3.8) is 0 Å². The van der Waals surface area contributed by atoms with Crippen molar-refractivity contribution >= 4 is 17.3 Å². The van der Waals surface area contributed by atoms with E-state index in [0.717, 1.165) is 0 Å². The Kier molecular flexibility index (Phi) is 4.08. The lowest BCUT2D eigenvalue weighted by Crippen LogP contribution is -2.43. The molecule has 27 heavy (non-hydrogen) atoms. The molecule has 0 unspecified atom stereocenters. The summed E-state index contributed by atoms with van der Waals surface area (Å²) in [7, 11) is 1.40. The van der Waals surface area contributed by atoms with Crippen LogP contribution < -0.4 is 15.0 Å². The summed E-state index contributed by atoms with van der Waals surface area (Å²) in [4.78, 5) is 14.9. The zero-order valence-electron chi connectivity index (χ0n) is 14.6. The zero-order valence-corrected chi connectivity index (χ0v) is 14.6. The Balaban J connectivity index is 1.89. The lowest BCUT2D eigenvalue weighted by molar-refractivity contribution is 0.0975. The van der Waals surface area contributed by atoms with Gasteiger partial charge in [0.2, 0.25) is 5.75 Å².